The number of nitrogen functional groups attached to an aromatic ring is 1. The topological polar surface area (TPSA) is 75.3 Å². The number of para-hydroxylation sites is 1. The molecule has 0 aliphatic rings. The van der Waals surface area contributed by atoms with Crippen molar-refractivity contribution in [2.24, 2.45) is 0 Å². The Labute approximate surface area is 102 Å². The Hall–Kier alpha value is -1.71. The number of benzene rings is 1. The summed E-state index contributed by atoms with van der Waals surface area (Å²) < 4.78 is 0. The Morgan fingerprint density at radius 2 is 2.24 bits per heavy atom. The predicted octanol–water partition coefficient (Wildman–Crippen LogP) is 2.96. The number of aromatic carboxylic acids is 1. The van der Waals surface area contributed by atoms with Crippen LogP contribution in [0, 0.1) is 0 Å². The highest BCUT2D eigenvalue weighted by molar-refractivity contribution is 5.97. The van der Waals surface area contributed by atoms with Gasteiger partial charge in [0.05, 0.1) is 16.9 Å². The fourth-order valence-corrected chi connectivity index (χ4v) is 1.74. The van der Waals surface area contributed by atoms with Crippen LogP contribution in [0.25, 0.3) is 0 Å². The Bertz CT molecular complexity index is 391. The molecular weight excluding hydrogens is 216 g/mol. The van der Waals surface area contributed by atoms with Crippen molar-refractivity contribution in [3.8, 4) is 0 Å². The quantitative estimate of drug-likeness (QED) is 0.664. The van der Waals surface area contributed by atoms with Gasteiger partial charge in [-0.25, -0.2) is 4.79 Å². The van der Waals surface area contributed by atoms with Crippen LogP contribution >= 0.6 is 0 Å². The van der Waals surface area contributed by atoms with Gasteiger partial charge in [-0.05, 0) is 25.5 Å². The zero-order valence-corrected chi connectivity index (χ0v) is 10.4. The van der Waals surface area contributed by atoms with Crippen LogP contribution in [0.4, 0.5) is 11.4 Å². The van der Waals surface area contributed by atoms with Crippen LogP contribution in [0.2, 0.25) is 0 Å². The van der Waals surface area contributed by atoms with Crippen molar-refractivity contribution in [1.29, 1.82) is 0 Å². The van der Waals surface area contributed by atoms with Gasteiger partial charge < -0.3 is 16.2 Å². The lowest BCUT2D eigenvalue weighted by Crippen LogP contribution is -2.18. The van der Waals surface area contributed by atoms with Gasteiger partial charge in [-0.2, -0.15) is 0 Å². The minimum atomic E-state index is -0.956. The monoisotopic (exact) mass is 236 g/mol. The largest absolute Gasteiger partial charge is 0.478 e. The van der Waals surface area contributed by atoms with Crippen LogP contribution in [-0.4, -0.2) is 17.1 Å². The van der Waals surface area contributed by atoms with E-state index in [1.54, 1.807) is 18.2 Å². The van der Waals surface area contributed by atoms with Gasteiger partial charge in [-0.1, -0.05) is 25.8 Å². The molecule has 94 valence electrons. The smallest absolute Gasteiger partial charge is 0.337 e. The van der Waals surface area contributed by atoms with Crippen molar-refractivity contribution < 1.29 is 9.90 Å². The lowest BCUT2D eigenvalue weighted by Gasteiger charge is -2.18. The molecule has 1 unspecified atom stereocenters. The van der Waals surface area contributed by atoms with Crippen molar-refractivity contribution in [3.63, 3.8) is 0 Å². The number of anilines is 2. The van der Waals surface area contributed by atoms with Crippen molar-refractivity contribution in [2.45, 2.75) is 39.2 Å². The molecule has 0 aliphatic heterocycles. The van der Waals surface area contributed by atoms with Crippen molar-refractivity contribution >= 4 is 17.3 Å². The van der Waals surface area contributed by atoms with E-state index in [4.69, 9.17) is 10.8 Å². The van der Waals surface area contributed by atoms with Crippen molar-refractivity contribution in [2.75, 3.05) is 11.1 Å². The van der Waals surface area contributed by atoms with Gasteiger partial charge in [0.15, 0.2) is 0 Å². The maximum Gasteiger partial charge on any atom is 0.337 e. The molecule has 1 atom stereocenters. The van der Waals surface area contributed by atoms with E-state index in [9.17, 15) is 4.79 Å². The third kappa shape index (κ3) is 3.66. The first-order chi connectivity index (χ1) is 8.06. The van der Waals surface area contributed by atoms with Gasteiger partial charge in [-0.15, -0.1) is 0 Å². The second-order valence-electron chi connectivity index (χ2n) is 4.26. The SMILES string of the molecule is CCCCC(C)Nc1c(N)cccc1C(=O)O. The fraction of sp³-hybridized carbons (Fsp3) is 0.462. The molecule has 0 saturated carbocycles. The first-order valence-electron chi connectivity index (χ1n) is 5.94. The van der Waals surface area contributed by atoms with Gasteiger partial charge in [0.2, 0.25) is 0 Å². The first-order valence-corrected chi connectivity index (χ1v) is 5.94. The van der Waals surface area contributed by atoms with Gasteiger partial charge in [0, 0.05) is 6.04 Å². The number of hydrogen-bond donors (Lipinski definition) is 3. The number of hydrogen-bond acceptors (Lipinski definition) is 3. The summed E-state index contributed by atoms with van der Waals surface area (Å²) in [7, 11) is 0. The molecule has 4 nitrogen and oxygen atoms in total. The number of rotatable bonds is 6. The molecular formula is C13H20N2O2. The summed E-state index contributed by atoms with van der Waals surface area (Å²) >= 11 is 0. The summed E-state index contributed by atoms with van der Waals surface area (Å²) in [6.07, 6.45) is 3.25. The average molecular weight is 236 g/mol. The number of carboxylic acid groups (broad SMARTS) is 1. The van der Waals surface area contributed by atoms with E-state index in [1.807, 2.05) is 6.92 Å². The maximum absolute atomic E-state index is 11.1. The predicted molar refractivity (Wildman–Crippen MR) is 70.4 cm³/mol. The van der Waals surface area contributed by atoms with Crippen LogP contribution in [0.5, 0.6) is 0 Å². The summed E-state index contributed by atoms with van der Waals surface area (Å²) in [5.41, 5.74) is 7.05. The normalized spacial score (nSPS) is 12.1. The molecule has 0 aliphatic carbocycles. The molecule has 4 heteroatoms. The van der Waals surface area contributed by atoms with Gasteiger partial charge >= 0.3 is 5.97 Å². The summed E-state index contributed by atoms with van der Waals surface area (Å²) in [6.45, 7) is 4.17. The minimum absolute atomic E-state index is 0.220. The fourth-order valence-electron chi connectivity index (χ4n) is 1.74. The molecule has 4 N–H and O–H groups in total. The van der Waals surface area contributed by atoms with E-state index in [-0.39, 0.29) is 11.6 Å². The highest BCUT2D eigenvalue weighted by atomic mass is 16.4. The Morgan fingerprint density at radius 1 is 1.53 bits per heavy atom. The number of unbranched alkanes of at least 4 members (excludes halogenated alkanes) is 1. The molecule has 0 radical (unpaired) electrons. The highest BCUT2D eigenvalue weighted by Gasteiger charge is 2.14. The van der Waals surface area contributed by atoms with Gasteiger partial charge in [0.1, 0.15) is 0 Å². The number of nitrogens with one attached hydrogen (secondary N) is 1. The number of nitrogens with two attached hydrogens (primary N) is 1. The summed E-state index contributed by atoms with van der Waals surface area (Å²) in [5, 5.41) is 12.3. The summed E-state index contributed by atoms with van der Waals surface area (Å²) in [6, 6.07) is 5.15. The lowest BCUT2D eigenvalue weighted by molar-refractivity contribution is 0.0698. The maximum atomic E-state index is 11.1. The molecule has 1 rings (SSSR count). The Morgan fingerprint density at radius 3 is 2.82 bits per heavy atom. The average Bonchev–Trinajstić information content (AvgIpc) is 2.28. The van der Waals surface area contributed by atoms with E-state index in [0.717, 1.165) is 19.3 Å². The number of carbonyl (C=O) groups is 1. The molecule has 0 spiro atoms. The van der Waals surface area contributed by atoms with E-state index >= 15 is 0 Å². The molecule has 0 amide bonds. The molecule has 1 aromatic carbocycles. The van der Waals surface area contributed by atoms with Crippen LogP contribution in [0.3, 0.4) is 0 Å². The standard InChI is InChI=1S/C13H20N2O2/c1-3-4-6-9(2)15-12-10(13(16)17)7-5-8-11(12)14/h5,7-9,15H,3-4,6,14H2,1-2H3,(H,16,17). The minimum Gasteiger partial charge on any atom is -0.478 e. The van der Waals surface area contributed by atoms with E-state index in [0.29, 0.717) is 11.4 Å². The van der Waals surface area contributed by atoms with E-state index in [2.05, 4.69) is 12.2 Å². The summed E-state index contributed by atoms with van der Waals surface area (Å²) in [5.74, 6) is -0.956. The van der Waals surface area contributed by atoms with E-state index < -0.39 is 5.97 Å². The van der Waals surface area contributed by atoms with E-state index in [1.165, 1.54) is 0 Å². The third-order valence-electron chi connectivity index (χ3n) is 2.71. The Kier molecular flexibility index (Phi) is 4.82. The van der Waals surface area contributed by atoms with Crippen LogP contribution in [0.15, 0.2) is 18.2 Å². The van der Waals surface area contributed by atoms with Crippen LogP contribution in [-0.2, 0) is 0 Å². The van der Waals surface area contributed by atoms with Crippen LogP contribution < -0.4 is 11.1 Å². The Balaban J connectivity index is 2.85. The summed E-state index contributed by atoms with van der Waals surface area (Å²) in [4.78, 5) is 11.1. The van der Waals surface area contributed by atoms with Crippen molar-refractivity contribution in [3.05, 3.63) is 23.8 Å². The van der Waals surface area contributed by atoms with Gasteiger partial charge in [0.25, 0.3) is 0 Å². The zero-order chi connectivity index (χ0) is 12.8. The molecule has 17 heavy (non-hydrogen) atoms. The second kappa shape index (κ2) is 6.13. The van der Waals surface area contributed by atoms with Crippen molar-refractivity contribution in [1.82, 2.24) is 0 Å². The first kappa shape index (κ1) is 13.4. The number of carboxylic acids is 1. The molecule has 0 saturated heterocycles. The lowest BCUT2D eigenvalue weighted by atomic mass is 10.1. The second-order valence-corrected chi connectivity index (χ2v) is 4.26. The molecule has 0 aromatic heterocycles. The highest BCUT2D eigenvalue weighted by Crippen LogP contribution is 2.25. The molecule has 0 heterocycles. The molecule has 0 bridgehead atoms. The zero-order valence-electron chi connectivity index (χ0n) is 10.4. The molecule has 1 aromatic rings. The molecule has 0 fully saturated rings. The third-order valence-corrected chi connectivity index (χ3v) is 2.71. The van der Waals surface area contributed by atoms with Crippen LogP contribution in [0.1, 0.15) is 43.5 Å². The van der Waals surface area contributed by atoms with Gasteiger partial charge in [-0.3, -0.25) is 0 Å².